The van der Waals surface area contributed by atoms with Crippen molar-refractivity contribution in [1.82, 2.24) is 10.6 Å². The summed E-state index contributed by atoms with van der Waals surface area (Å²) in [4.78, 5) is 11.3. The summed E-state index contributed by atoms with van der Waals surface area (Å²) in [7, 11) is 0. The van der Waals surface area contributed by atoms with E-state index in [1.807, 2.05) is 0 Å². The average molecular weight is 299 g/mol. The average Bonchev–Trinajstić information content (AvgIpc) is 2.31. The Bertz CT molecular complexity index is 443. The fourth-order valence-corrected chi connectivity index (χ4v) is 1.57. The zero-order valence-corrected chi connectivity index (χ0v) is 10.7. The second-order valence-electron chi connectivity index (χ2n) is 3.32. The largest absolute Gasteiger partial charge is 0.351 e. The Balaban J connectivity index is 2.42. The van der Waals surface area contributed by atoms with Crippen LogP contribution in [0, 0.1) is 18.2 Å². The molecule has 0 aliphatic rings. The van der Waals surface area contributed by atoms with Crippen molar-refractivity contribution in [2.24, 2.45) is 0 Å². The highest BCUT2D eigenvalue weighted by molar-refractivity contribution is 9.10. The van der Waals surface area contributed by atoms with Crippen molar-refractivity contribution in [1.29, 1.82) is 0 Å². The predicted octanol–water partition coefficient (Wildman–Crippen LogP) is 1.43. The Hall–Kier alpha value is -1.38. The van der Waals surface area contributed by atoms with Crippen LogP contribution in [0.25, 0.3) is 0 Å². The smallest absolute Gasteiger partial charge is 0.234 e. The maximum Gasteiger partial charge on any atom is 0.234 e. The van der Waals surface area contributed by atoms with Crippen LogP contribution in [-0.4, -0.2) is 19.0 Å². The number of nitrogens with one attached hydrogen (secondary N) is 2. The van der Waals surface area contributed by atoms with Gasteiger partial charge in [0.15, 0.2) is 0 Å². The molecule has 1 amide bonds. The number of hydrogen-bond acceptors (Lipinski definition) is 2. The van der Waals surface area contributed by atoms with E-state index in [1.54, 1.807) is 6.07 Å². The van der Waals surface area contributed by atoms with E-state index in [2.05, 4.69) is 32.5 Å². The number of amides is 1. The summed E-state index contributed by atoms with van der Waals surface area (Å²) in [5, 5.41) is 5.42. The molecule has 3 nitrogen and oxygen atoms in total. The summed E-state index contributed by atoms with van der Waals surface area (Å²) >= 11 is 3.28. The van der Waals surface area contributed by atoms with Gasteiger partial charge in [0.25, 0.3) is 0 Å². The van der Waals surface area contributed by atoms with Crippen LogP contribution in [0.4, 0.5) is 4.39 Å². The van der Waals surface area contributed by atoms with E-state index in [1.165, 1.54) is 12.1 Å². The lowest BCUT2D eigenvalue weighted by molar-refractivity contribution is -0.120. The van der Waals surface area contributed by atoms with Crippen molar-refractivity contribution in [3.63, 3.8) is 0 Å². The monoisotopic (exact) mass is 298 g/mol. The van der Waals surface area contributed by atoms with E-state index >= 15 is 0 Å². The lowest BCUT2D eigenvalue weighted by Crippen LogP contribution is -2.33. The van der Waals surface area contributed by atoms with E-state index in [0.29, 0.717) is 12.1 Å². The normalized spacial score (nSPS) is 9.71. The van der Waals surface area contributed by atoms with Gasteiger partial charge in [0.05, 0.1) is 13.1 Å². The summed E-state index contributed by atoms with van der Waals surface area (Å²) in [6, 6.07) is 4.33. The van der Waals surface area contributed by atoms with E-state index in [0.717, 1.165) is 4.47 Å². The third-order valence-electron chi connectivity index (χ3n) is 2.00. The SMILES string of the molecule is C#CCNCC(=O)NCc1cc(F)ccc1Br. The third kappa shape index (κ3) is 4.98. The van der Waals surface area contributed by atoms with Gasteiger partial charge in [-0.05, 0) is 23.8 Å². The van der Waals surface area contributed by atoms with Crippen LogP contribution >= 0.6 is 15.9 Å². The van der Waals surface area contributed by atoms with Gasteiger partial charge >= 0.3 is 0 Å². The van der Waals surface area contributed by atoms with Gasteiger partial charge in [-0.2, -0.15) is 0 Å². The van der Waals surface area contributed by atoms with Gasteiger partial charge < -0.3 is 5.32 Å². The van der Waals surface area contributed by atoms with Crippen LogP contribution in [0.3, 0.4) is 0 Å². The Morgan fingerprint density at radius 2 is 2.29 bits per heavy atom. The minimum Gasteiger partial charge on any atom is -0.351 e. The molecule has 0 unspecified atom stereocenters. The van der Waals surface area contributed by atoms with E-state index in [9.17, 15) is 9.18 Å². The molecular formula is C12H12BrFN2O. The van der Waals surface area contributed by atoms with Gasteiger partial charge in [0.1, 0.15) is 5.82 Å². The number of benzene rings is 1. The van der Waals surface area contributed by atoms with E-state index in [-0.39, 0.29) is 24.8 Å². The molecule has 0 radical (unpaired) electrons. The molecule has 1 aromatic rings. The first-order chi connectivity index (χ1) is 8.13. The second-order valence-corrected chi connectivity index (χ2v) is 4.17. The van der Waals surface area contributed by atoms with Gasteiger partial charge in [0, 0.05) is 11.0 Å². The number of terminal acetylenes is 1. The maximum absolute atomic E-state index is 13.0. The van der Waals surface area contributed by atoms with Crippen molar-refractivity contribution >= 4 is 21.8 Å². The third-order valence-corrected chi connectivity index (χ3v) is 2.77. The van der Waals surface area contributed by atoms with E-state index in [4.69, 9.17) is 6.42 Å². The quantitative estimate of drug-likeness (QED) is 0.638. The number of carbonyl (C=O) groups excluding carboxylic acids is 1. The van der Waals surface area contributed by atoms with Crippen LogP contribution < -0.4 is 10.6 Å². The molecule has 17 heavy (non-hydrogen) atoms. The van der Waals surface area contributed by atoms with Crippen LogP contribution in [0.5, 0.6) is 0 Å². The lowest BCUT2D eigenvalue weighted by Gasteiger charge is -2.07. The highest BCUT2D eigenvalue weighted by Crippen LogP contribution is 2.17. The molecule has 1 aromatic carbocycles. The lowest BCUT2D eigenvalue weighted by atomic mass is 10.2. The first-order valence-corrected chi connectivity index (χ1v) is 5.77. The first-order valence-electron chi connectivity index (χ1n) is 4.98. The minimum absolute atomic E-state index is 0.150. The van der Waals surface area contributed by atoms with Gasteiger partial charge in [-0.1, -0.05) is 21.9 Å². The van der Waals surface area contributed by atoms with Crippen molar-refractivity contribution < 1.29 is 9.18 Å². The molecule has 0 saturated carbocycles. The van der Waals surface area contributed by atoms with Crippen molar-refractivity contribution in [2.75, 3.05) is 13.1 Å². The number of halogens is 2. The Morgan fingerprint density at radius 1 is 1.53 bits per heavy atom. The zero-order valence-electron chi connectivity index (χ0n) is 9.09. The van der Waals surface area contributed by atoms with Crippen molar-refractivity contribution in [2.45, 2.75) is 6.54 Å². The molecule has 0 aromatic heterocycles. The number of hydrogen-bond donors (Lipinski definition) is 2. The molecule has 0 fully saturated rings. The topological polar surface area (TPSA) is 41.1 Å². The molecule has 5 heteroatoms. The highest BCUT2D eigenvalue weighted by Gasteiger charge is 2.04. The fraction of sp³-hybridized carbons (Fsp3) is 0.250. The molecule has 0 spiro atoms. The molecule has 0 bridgehead atoms. The Kier molecular flexibility index (Phi) is 5.67. The first kappa shape index (κ1) is 13.7. The molecule has 0 aliphatic carbocycles. The Labute approximate surface area is 108 Å². The molecule has 0 atom stereocenters. The zero-order chi connectivity index (χ0) is 12.7. The van der Waals surface area contributed by atoms with Crippen LogP contribution in [0.15, 0.2) is 22.7 Å². The van der Waals surface area contributed by atoms with Crippen LogP contribution in [0.2, 0.25) is 0 Å². The standard InChI is InChI=1S/C12H12BrFN2O/c1-2-5-15-8-12(17)16-7-9-6-10(14)3-4-11(9)13/h1,3-4,6,15H,5,7-8H2,(H,16,17). The van der Waals surface area contributed by atoms with Crippen LogP contribution in [-0.2, 0) is 11.3 Å². The molecule has 0 saturated heterocycles. The molecule has 0 heterocycles. The summed E-state index contributed by atoms with van der Waals surface area (Å²) < 4.78 is 13.7. The molecular weight excluding hydrogens is 287 g/mol. The number of carbonyl (C=O) groups is 1. The van der Waals surface area contributed by atoms with Gasteiger partial charge in [-0.3, -0.25) is 10.1 Å². The van der Waals surface area contributed by atoms with Crippen LogP contribution in [0.1, 0.15) is 5.56 Å². The minimum atomic E-state index is -0.331. The van der Waals surface area contributed by atoms with Crippen molar-refractivity contribution in [3.8, 4) is 12.3 Å². The Morgan fingerprint density at radius 3 is 3.00 bits per heavy atom. The molecule has 0 aliphatic heterocycles. The van der Waals surface area contributed by atoms with Crippen molar-refractivity contribution in [3.05, 3.63) is 34.1 Å². The summed E-state index contributed by atoms with van der Waals surface area (Å²) in [5.74, 6) is 1.85. The number of rotatable bonds is 5. The predicted molar refractivity (Wildman–Crippen MR) is 67.6 cm³/mol. The van der Waals surface area contributed by atoms with Gasteiger partial charge in [0.2, 0.25) is 5.91 Å². The summed E-state index contributed by atoms with van der Waals surface area (Å²) in [6.07, 6.45) is 5.02. The fourth-order valence-electron chi connectivity index (χ4n) is 1.18. The summed E-state index contributed by atoms with van der Waals surface area (Å²) in [6.45, 7) is 0.767. The highest BCUT2D eigenvalue weighted by atomic mass is 79.9. The second kappa shape index (κ2) is 7.05. The van der Waals surface area contributed by atoms with Gasteiger partial charge in [-0.15, -0.1) is 6.42 Å². The summed E-state index contributed by atoms with van der Waals surface area (Å²) in [5.41, 5.74) is 0.690. The molecule has 90 valence electrons. The molecule has 2 N–H and O–H groups in total. The van der Waals surface area contributed by atoms with E-state index < -0.39 is 0 Å². The van der Waals surface area contributed by atoms with Gasteiger partial charge in [-0.25, -0.2) is 4.39 Å². The maximum atomic E-state index is 13.0. The molecule has 1 rings (SSSR count).